The summed E-state index contributed by atoms with van der Waals surface area (Å²) in [5.41, 5.74) is 4.40. The highest BCUT2D eigenvalue weighted by molar-refractivity contribution is 5.93. The Kier molecular flexibility index (Phi) is 6.80. The molecule has 1 amide bonds. The molecule has 5 nitrogen and oxygen atoms in total. The van der Waals surface area contributed by atoms with E-state index in [0.29, 0.717) is 12.5 Å². The molecule has 0 saturated carbocycles. The molecule has 1 aliphatic heterocycles. The molecule has 1 aliphatic rings. The van der Waals surface area contributed by atoms with Gasteiger partial charge < -0.3 is 19.7 Å². The lowest BCUT2D eigenvalue weighted by molar-refractivity contribution is -0.910. The molecule has 0 radical (unpaired) electrons. The van der Waals surface area contributed by atoms with Crippen molar-refractivity contribution < 1.29 is 19.2 Å². The number of rotatable bonds is 7. The summed E-state index contributed by atoms with van der Waals surface area (Å²) in [6, 6.07) is 12.4. The third kappa shape index (κ3) is 4.73. The molecule has 0 aliphatic carbocycles. The first-order chi connectivity index (χ1) is 13.9. The van der Waals surface area contributed by atoms with E-state index in [9.17, 15) is 4.79 Å². The second kappa shape index (κ2) is 9.31. The average molecular weight is 398 g/mol. The van der Waals surface area contributed by atoms with Crippen LogP contribution in [0.3, 0.4) is 0 Å². The van der Waals surface area contributed by atoms with E-state index >= 15 is 0 Å². The Morgan fingerprint density at radius 2 is 2.00 bits per heavy atom. The van der Waals surface area contributed by atoms with Gasteiger partial charge in [0.25, 0.3) is 5.91 Å². The van der Waals surface area contributed by atoms with E-state index in [1.807, 2.05) is 12.1 Å². The summed E-state index contributed by atoms with van der Waals surface area (Å²) in [5.74, 6) is 2.04. The zero-order valence-electron chi connectivity index (χ0n) is 18.2. The summed E-state index contributed by atoms with van der Waals surface area (Å²) in [7, 11) is 3.34. The van der Waals surface area contributed by atoms with Crippen molar-refractivity contribution in [2.45, 2.75) is 45.6 Å². The molecular weight excluding hydrogens is 364 g/mol. The van der Waals surface area contributed by atoms with Gasteiger partial charge in [-0.05, 0) is 36.1 Å². The lowest BCUT2D eigenvalue weighted by Gasteiger charge is -2.24. The maximum absolute atomic E-state index is 12.9. The second-order valence-corrected chi connectivity index (χ2v) is 8.13. The highest BCUT2D eigenvalue weighted by Crippen LogP contribution is 2.32. The minimum atomic E-state index is 0.0654. The summed E-state index contributed by atoms with van der Waals surface area (Å²) in [4.78, 5) is 14.2. The van der Waals surface area contributed by atoms with Crippen LogP contribution < -0.4 is 19.7 Å². The number of methoxy groups -OCH3 is 2. The minimum Gasteiger partial charge on any atom is -0.497 e. The molecule has 2 aromatic carbocycles. The Labute approximate surface area is 174 Å². The number of ether oxygens (including phenoxy) is 2. The molecule has 1 fully saturated rings. The number of para-hydroxylation sites is 1. The zero-order valence-corrected chi connectivity index (χ0v) is 18.2. The number of nitrogens with one attached hydrogen (secondary N) is 2. The van der Waals surface area contributed by atoms with E-state index in [1.165, 1.54) is 10.5 Å². The molecule has 1 heterocycles. The highest BCUT2D eigenvalue weighted by Gasteiger charge is 2.34. The van der Waals surface area contributed by atoms with Crippen LogP contribution in [0.5, 0.6) is 11.5 Å². The third-order valence-electron chi connectivity index (χ3n) is 5.88. The highest BCUT2D eigenvalue weighted by atomic mass is 16.5. The van der Waals surface area contributed by atoms with Crippen LogP contribution in [0.25, 0.3) is 0 Å². The number of hydrogen-bond acceptors (Lipinski definition) is 3. The molecule has 2 aromatic rings. The van der Waals surface area contributed by atoms with Crippen molar-refractivity contribution in [1.82, 2.24) is 0 Å². The van der Waals surface area contributed by atoms with Gasteiger partial charge in [0, 0.05) is 24.6 Å². The van der Waals surface area contributed by atoms with Gasteiger partial charge >= 0.3 is 0 Å². The predicted octanol–water partition coefficient (Wildman–Crippen LogP) is 3.49. The smallest absolute Gasteiger partial charge is 0.279 e. The minimum absolute atomic E-state index is 0.0654. The summed E-state index contributed by atoms with van der Waals surface area (Å²) < 4.78 is 10.9. The molecule has 156 valence electrons. The number of likely N-dealkylation sites (tertiary alicyclic amines) is 1. The Hall–Kier alpha value is -2.53. The first-order valence-electron chi connectivity index (χ1n) is 10.4. The molecule has 0 spiro atoms. The lowest BCUT2D eigenvalue weighted by Crippen LogP contribution is -3.11. The first-order valence-corrected chi connectivity index (χ1v) is 10.4. The SMILES string of the molecule is COc1ccc([C@@H]2CCC[NH+]2CC(=O)Nc2c(C)cccc2C(C)C)c(OC)c1. The molecule has 2 atom stereocenters. The van der Waals surface area contributed by atoms with Crippen LogP contribution >= 0.6 is 0 Å². The zero-order chi connectivity index (χ0) is 21.0. The van der Waals surface area contributed by atoms with Gasteiger partial charge in [-0.3, -0.25) is 4.79 Å². The molecule has 5 heteroatoms. The van der Waals surface area contributed by atoms with E-state index in [1.54, 1.807) is 14.2 Å². The number of aryl methyl sites for hydroxylation is 1. The standard InChI is InChI=1S/C24H32N2O3/c1-16(2)19-9-6-8-17(3)24(19)25-23(27)15-26-13-7-10-21(26)20-12-11-18(28-4)14-22(20)29-5/h6,8-9,11-12,14,16,21H,7,10,13,15H2,1-5H3,(H,25,27)/p+1/t21-/m0/s1. The van der Waals surface area contributed by atoms with Crippen LogP contribution in [0.15, 0.2) is 36.4 Å². The van der Waals surface area contributed by atoms with Gasteiger partial charge in [-0.15, -0.1) is 0 Å². The fourth-order valence-electron chi connectivity index (χ4n) is 4.34. The second-order valence-electron chi connectivity index (χ2n) is 8.13. The molecule has 29 heavy (non-hydrogen) atoms. The number of anilines is 1. The monoisotopic (exact) mass is 397 g/mol. The Bertz CT molecular complexity index is 863. The number of amides is 1. The molecule has 1 saturated heterocycles. The van der Waals surface area contributed by atoms with E-state index in [-0.39, 0.29) is 11.9 Å². The number of carbonyl (C=O) groups excluding carboxylic acids is 1. The van der Waals surface area contributed by atoms with E-state index in [4.69, 9.17) is 9.47 Å². The van der Waals surface area contributed by atoms with Crippen molar-refractivity contribution in [3.05, 3.63) is 53.1 Å². The molecule has 3 rings (SSSR count). The van der Waals surface area contributed by atoms with Gasteiger partial charge in [-0.1, -0.05) is 32.0 Å². The van der Waals surface area contributed by atoms with Crippen LogP contribution in [-0.4, -0.2) is 33.2 Å². The van der Waals surface area contributed by atoms with Crippen molar-refractivity contribution in [3.63, 3.8) is 0 Å². The average Bonchev–Trinajstić information content (AvgIpc) is 3.16. The maximum atomic E-state index is 12.9. The Morgan fingerprint density at radius 1 is 1.21 bits per heavy atom. The number of quaternary nitrogens is 1. The number of benzene rings is 2. The van der Waals surface area contributed by atoms with Gasteiger partial charge in [-0.25, -0.2) is 0 Å². The van der Waals surface area contributed by atoms with Crippen molar-refractivity contribution in [2.24, 2.45) is 0 Å². The van der Waals surface area contributed by atoms with E-state index in [0.717, 1.165) is 47.7 Å². The summed E-state index contributed by atoms with van der Waals surface area (Å²) in [6.45, 7) is 7.79. The van der Waals surface area contributed by atoms with Gasteiger partial charge in [-0.2, -0.15) is 0 Å². The number of hydrogen-bond donors (Lipinski definition) is 2. The summed E-state index contributed by atoms with van der Waals surface area (Å²) >= 11 is 0. The van der Waals surface area contributed by atoms with Crippen molar-refractivity contribution >= 4 is 11.6 Å². The third-order valence-corrected chi connectivity index (χ3v) is 5.88. The quantitative estimate of drug-likeness (QED) is 0.752. The molecule has 1 unspecified atom stereocenters. The predicted molar refractivity (Wildman–Crippen MR) is 116 cm³/mol. The topological polar surface area (TPSA) is 52.0 Å². The molecule has 0 aromatic heterocycles. The molecular formula is C24H33N2O3+. The lowest BCUT2D eigenvalue weighted by atomic mass is 9.98. The number of carbonyl (C=O) groups is 1. The summed E-state index contributed by atoms with van der Waals surface area (Å²) in [6.07, 6.45) is 2.15. The largest absolute Gasteiger partial charge is 0.497 e. The Balaban J connectivity index is 1.76. The normalized spacial score (nSPS) is 18.7. The van der Waals surface area contributed by atoms with Crippen LogP contribution in [0.1, 0.15) is 55.3 Å². The van der Waals surface area contributed by atoms with Gasteiger partial charge in [0.05, 0.1) is 26.3 Å². The van der Waals surface area contributed by atoms with Crippen LogP contribution in [-0.2, 0) is 4.79 Å². The summed E-state index contributed by atoms with van der Waals surface area (Å²) in [5, 5.41) is 3.19. The van der Waals surface area contributed by atoms with Gasteiger partial charge in [0.1, 0.15) is 17.5 Å². The molecule has 2 N–H and O–H groups in total. The maximum Gasteiger partial charge on any atom is 0.279 e. The fraction of sp³-hybridized carbons (Fsp3) is 0.458. The van der Waals surface area contributed by atoms with E-state index < -0.39 is 0 Å². The van der Waals surface area contributed by atoms with Gasteiger partial charge in [0.15, 0.2) is 6.54 Å². The van der Waals surface area contributed by atoms with Crippen molar-refractivity contribution in [2.75, 3.05) is 32.6 Å². The fourth-order valence-corrected chi connectivity index (χ4v) is 4.34. The molecule has 0 bridgehead atoms. The van der Waals surface area contributed by atoms with Crippen LogP contribution in [0, 0.1) is 6.92 Å². The Morgan fingerprint density at radius 3 is 2.69 bits per heavy atom. The van der Waals surface area contributed by atoms with Crippen molar-refractivity contribution in [1.29, 1.82) is 0 Å². The van der Waals surface area contributed by atoms with Crippen LogP contribution in [0.2, 0.25) is 0 Å². The first kappa shape index (κ1) is 21.2. The van der Waals surface area contributed by atoms with Crippen molar-refractivity contribution in [3.8, 4) is 11.5 Å². The van der Waals surface area contributed by atoms with E-state index in [2.05, 4.69) is 50.4 Å². The van der Waals surface area contributed by atoms with Crippen LogP contribution in [0.4, 0.5) is 5.69 Å². The van der Waals surface area contributed by atoms with Gasteiger partial charge in [0.2, 0.25) is 0 Å².